The van der Waals surface area contributed by atoms with Crippen LogP contribution in [0.2, 0.25) is 0 Å². The van der Waals surface area contributed by atoms with Crippen LogP contribution in [0.3, 0.4) is 0 Å². The van der Waals surface area contributed by atoms with Gasteiger partial charge in [0.05, 0.1) is 0 Å². The van der Waals surface area contributed by atoms with Crippen molar-refractivity contribution in [2.24, 2.45) is 5.41 Å². The molecule has 0 aromatic rings. The van der Waals surface area contributed by atoms with Crippen LogP contribution in [0.5, 0.6) is 0 Å². The minimum atomic E-state index is 0.526. The van der Waals surface area contributed by atoms with Gasteiger partial charge in [0, 0.05) is 0 Å². The number of rotatable bonds is 11. The molecule has 0 heterocycles. The minimum Gasteiger partial charge on any atom is -0.0885 e. The lowest BCUT2D eigenvalue weighted by Crippen LogP contribution is -2.03. The minimum absolute atomic E-state index is 0.526. The van der Waals surface area contributed by atoms with E-state index in [0.717, 1.165) is 0 Å². The zero-order valence-corrected chi connectivity index (χ0v) is 13.4. The molecule has 0 aliphatic rings. The first-order chi connectivity index (χ1) is 8.56. The SMILES string of the molecule is CCCCCC/C=C/CCCCCCC(C)(C)C. The lowest BCUT2D eigenvalue weighted by atomic mass is 9.89. The highest BCUT2D eigenvalue weighted by Gasteiger charge is 2.08. The zero-order chi connectivity index (χ0) is 13.7. The summed E-state index contributed by atoms with van der Waals surface area (Å²) in [6.07, 6.45) is 19.9. The second-order valence-electron chi connectivity index (χ2n) is 6.83. The van der Waals surface area contributed by atoms with Crippen LogP contribution in [-0.4, -0.2) is 0 Å². The molecule has 0 aromatic carbocycles. The van der Waals surface area contributed by atoms with Gasteiger partial charge >= 0.3 is 0 Å². The second kappa shape index (κ2) is 11.8. The maximum absolute atomic E-state index is 2.40. The molecule has 0 aliphatic carbocycles. The molecule has 0 saturated carbocycles. The average Bonchev–Trinajstić information content (AvgIpc) is 2.29. The standard InChI is InChI=1S/C18H36/c1-5-6-7-8-9-10-11-12-13-14-15-16-17-18(2,3)4/h10-11H,5-9,12-17H2,1-4H3/b11-10+. The third-order valence-electron chi connectivity index (χ3n) is 3.44. The van der Waals surface area contributed by atoms with E-state index in [2.05, 4.69) is 39.8 Å². The van der Waals surface area contributed by atoms with Crippen LogP contribution >= 0.6 is 0 Å². The Balaban J connectivity index is 3.13. The molecule has 0 saturated heterocycles. The Bertz CT molecular complexity index is 183. The van der Waals surface area contributed by atoms with Crippen molar-refractivity contribution in [1.82, 2.24) is 0 Å². The Kier molecular flexibility index (Phi) is 11.6. The molecule has 0 unspecified atom stereocenters. The van der Waals surface area contributed by atoms with E-state index in [0.29, 0.717) is 5.41 Å². The summed E-state index contributed by atoms with van der Waals surface area (Å²) in [6.45, 7) is 9.30. The molecule has 0 fully saturated rings. The maximum atomic E-state index is 2.40. The quantitative estimate of drug-likeness (QED) is 0.277. The van der Waals surface area contributed by atoms with Gasteiger partial charge in [-0.05, 0) is 37.5 Å². The monoisotopic (exact) mass is 252 g/mol. The van der Waals surface area contributed by atoms with Crippen molar-refractivity contribution < 1.29 is 0 Å². The Morgan fingerprint density at radius 2 is 1.17 bits per heavy atom. The third kappa shape index (κ3) is 15.7. The fraction of sp³-hybridized carbons (Fsp3) is 0.889. The molecule has 0 radical (unpaired) electrons. The lowest BCUT2D eigenvalue weighted by molar-refractivity contribution is 0.357. The van der Waals surface area contributed by atoms with E-state index < -0.39 is 0 Å². The second-order valence-corrected chi connectivity index (χ2v) is 6.83. The number of hydrogen-bond donors (Lipinski definition) is 0. The summed E-state index contributed by atoms with van der Waals surface area (Å²) >= 11 is 0. The summed E-state index contributed by atoms with van der Waals surface area (Å²) in [5.41, 5.74) is 0.526. The summed E-state index contributed by atoms with van der Waals surface area (Å²) in [4.78, 5) is 0. The van der Waals surface area contributed by atoms with Gasteiger partial charge in [-0.3, -0.25) is 0 Å². The van der Waals surface area contributed by atoms with Crippen molar-refractivity contribution in [3.8, 4) is 0 Å². The van der Waals surface area contributed by atoms with Gasteiger partial charge < -0.3 is 0 Å². The van der Waals surface area contributed by atoms with E-state index in [-0.39, 0.29) is 0 Å². The summed E-state index contributed by atoms with van der Waals surface area (Å²) in [7, 11) is 0. The van der Waals surface area contributed by atoms with E-state index in [1.807, 2.05) is 0 Å². The number of unbranched alkanes of at least 4 members (excludes halogenated alkanes) is 8. The molecule has 0 N–H and O–H groups in total. The predicted octanol–water partition coefficient (Wildman–Crippen LogP) is 6.90. The predicted molar refractivity (Wildman–Crippen MR) is 85.1 cm³/mol. The van der Waals surface area contributed by atoms with Crippen molar-refractivity contribution in [2.75, 3.05) is 0 Å². The maximum Gasteiger partial charge on any atom is -0.0351 e. The van der Waals surface area contributed by atoms with E-state index in [1.54, 1.807) is 0 Å². The molecule has 0 spiro atoms. The first-order valence-corrected chi connectivity index (χ1v) is 8.21. The van der Waals surface area contributed by atoms with Gasteiger partial charge in [0.1, 0.15) is 0 Å². The van der Waals surface area contributed by atoms with Crippen molar-refractivity contribution in [3.05, 3.63) is 12.2 Å². The molecule has 0 atom stereocenters. The van der Waals surface area contributed by atoms with Gasteiger partial charge in [0.2, 0.25) is 0 Å². The molecule has 18 heavy (non-hydrogen) atoms. The van der Waals surface area contributed by atoms with Gasteiger partial charge in [0.25, 0.3) is 0 Å². The normalized spacial score (nSPS) is 12.4. The molecular formula is C18H36. The van der Waals surface area contributed by atoms with E-state index in [4.69, 9.17) is 0 Å². The molecular weight excluding hydrogens is 216 g/mol. The fourth-order valence-corrected chi connectivity index (χ4v) is 2.20. The smallest absolute Gasteiger partial charge is 0.0351 e. The highest BCUT2D eigenvalue weighted by Crippen LogP contribution is 2.22. The van der Waals surface area contributed by atoms with Crippen LogP contribution < -0.4 is 0 Å². The molecule has 108 valence electrons. The van der Waals surface area contributed by atoms with Crippen LogP contribution in [0.25, 0.3) is 0 Å². The van der Waals surface area contributed by atoms with Crippen molar-refractivity contribution in [1.29, 1.82) is 0 Å². The van der Waals surface area contributed by atoms with Crippen LogP contribution in [-0.2, 0) is 0 Å². The van der Waals surface area contributed by atoms with E-state index in [1.165, 1.54) is 70.6 Å². The highest BCUT2D eigenvalue weighted by molar-refractivity contribution is 4.81. The number of hydrogen-bond acceptors (Lipinski definition) is 0. The molecule has 0 bridgehead atoms. The van der Waals surface area contributed by atoms with Gasteiger partial charge in [-0.15, -0.1) is 0 Å². The van der Waals surface area contributed by atoms with Gasteiger partial charge in [-0.25, -0.2) is 0 Å². The number of allylic oxidation sites excluding steroid dienone is 2. The van der Waals surface area contributed by atoms with Gasteiger partial charge in [-0.1, -0.05) is 78.4 Å². The zero-order valence-electron chi connectivity index (χ0n) is 13.4. The molecule has 0 rings (SSSR count). The Labute approximate surface area is 116 Å². The van der Waals surface area contributed by atoms with E-state index >= 15 is 0 Å². The Morgan fingerprint density at radius 3 is 1.67 bits per heavy atom. The molecule has 0 aromatic heterocycles. The topological polar surface area (TPSA) is 0 Å². The molecule has 0 nitrogen and oxygen atoms in total. The molecule has 0 heteroatoms. The average molecular weight is 252 g/mol. The first kappa shape index (κ1) is 17.7. The Hall–Kier alpha value is -0.260. The highest BCUT2D eigenvalue weighted by atomic mass is 14.1. The van der Waals surface area contributed by atoms with Crippen LogP contribution in [0.4, 0.5) is 0 Å². The van der Waals surface area contributed by atoms with Gasteiger partial charge in [0.15, 0.2) is 0 Å². The fourth-order valence-electron chi connectivity index (χ4n) is 2.20. The summed E-state index contributed by atoms with van der Waals surface area (Å²) in [5, 5.41) is 0. The molecule has 0 amide bonds. The third-order valence-corrected chi connectivity index (χ3v) is 3.44. The summed E-state index contributed by atoms with van der Waals surface area (Å²) in [5.74, 6) is 0. The van der Waals surface area contributed by atoms with Crippen LogP contribution in [0.1, 0.15) is 98.3 Å². The van der Waals surface area contributed by atoms with Crippen LogP contribution in [0.15, 0.2) is 12.2 Å². The largest absolute Gasteiger partial charge is 0.0885 e. The van der Waals surface area contributed by atoms with Gasteiger partial charge in [-0.2, -0.15) is 0 Å². The van der Waals surface area contributed by atoms with E-state index in [9.17, 15) is 0 Å². The summed E-state index contributed by atoms with van der Waals surface area (Å²) in [6, 6.07) is 0. The lowest BCUT2D eigenvalue weighted by Gasteiger charge is -2.17. The van der Waals surface area contributed by atoms with Crippen molar-refractivity contribution in [3.63, 3.8) is 0 Å². The Morgan fingerprint density at radius 1 is 0.667 bits per heavy atom. The van der Waals surface area contributed by atoms with Crippen molar-refractivity contribution in [2.45, 2.75) is 98.3 Å². The van der Waals surface area contributed by atoms with Crippen LogP contribution in [0, 0.1) is 5.41 Å². The summed E-state index contributed by atoms with van der Waals surface area (Å²) < 4.78 is 0. The first-order valence-electron chi connectivity index (χ1n) is 8.21. The molecule has 0 aliphatic heterocycles. The van der Waals surface area contributed by atoms with Crippen molar-refractivity contribution >= 4 is 0 Å².